The maximum atomic E-state index is 11.9. The summed E-state index contributed by atoms with van der Waals surface area (Å²) >= 11 is 1.33. The Labute approximate surface area is 107 Å². The van der Waals surface area contributed by atoms with Crippen LogP contribution in [0.4, 0.5) is 0 Å². The number of nitrogens with one attached hydrogen (secondary N) is 1. The van der Waals surface area contributed by atoms with Gasteiger partial charge in [-0.2, -0.15) is 5.10 Å². The Bertz CT molecular complexity index is 674. The van der Waals surface area contributed by atoms with E-state index in [4.69, 9.17) is 0 Å². The molecule has 1 unspecified atom stereocenters. The fraction of sp³-hybridized carbons (Fsp3) is 0.444. The van der Waals surface area contributed by atoms with Gasteiger partial charge in [0.05, 0.1) is 17.7 Å². The fourth-order valence-corrected chi connectivity index (χ4v) is 4.19. The number of fused-ring (bicyclic) bond motifs is 1. The van der Waals surface area contributed by atoms with E-state index in [0.29, 0.717) is 11.4 Å². The molecular weight excluding hydrogens is 276 g/mol. The molecule has 2 aromatic heterocycles. The lowest BCUT2D eigenvalue weighted by molar-refractivity contribution is 0.0936. The van der Waals surface area contributed by atoms with Gasteiger partial charge < -0.3 is 5.32 Å². The van der Waals surface area contributed by atoms with Crippen molar-refractivity contribution in [2.45, 2.75) is 12.5 Å². The van der Waals surface area contributed by atoms with E-state index in [0.717, 1.165) is 0 Å². The minimum absolute atomic E-state index is 0.0131. The van der Waals surface area contributed by atoms with Gasteiger partial charge in [0.25, 0.3) is 5.91 Å². The summed E-state index contributed by atoms with van der Waals surface area (Å²) in [5.74, 6) is -0.202. The molecule has 1 fully saturated rings. The van der Waals surface area contributed by atoms with Crippen LogP contribution in [0.5, 0.6) is 0 Å². The van der Waals surface area contributed by atoms with Crippen LogP contribution >= 0.6 is 11.3 Å². The highest BCUT2D eigenvalue weighted by atomic mass is 32.2. The van der Waals surface area contributed by atoms with Crippen LogP contribution in [-0.2, 0) is 9.84 Å². The SMILES string of the molecule is O=C(NC1CCS(=O)(=O)C1)c1cn2ncsc2n1. The molecule has 0 bridgehead atoms. The summed E-state index contributed by atoms with van der Waals surface area (Å²) in [5.41, 5.74) is 1.90. The Balaban J connectivity index is 1.74. The Morgan fingerprint density at radius 1 is 1.56 bits per heavy atom. The van der Waals surface area contributed by atoms with Gasteiger partial charge in [-0.15, -0.1) is 0 Å². The minimum Gasteiger partial charge on any atom is -0.347 e. The average molecular weight is 286 g/mol. The van der Waals surface area contributed by atoms with Crippen molar-refractivity contribution in [1.29, 1.82) is 0 Å². The van der Waals surface area contributed by atoms with Gasteiger partial charge in [0, 0.05) is 6.04 Å². The van der Waals surface area contributed by atoms with Crippen molar-refractivity contribution in [2.75, 3.05) is 11.5 Å². The maximum Gasteiger partial charge on any atom is 0.271 e. The molecule has 1 atom stereocenters. The molecule has 1 saturated heterocycles. The van der Waals surface area contributed by atoms with E-state index >= 15 is 0 Å². The Morgan fingerprint density at radius 3 is 3.06 bits per heavy atom. The van der Waals surface area contributed by atoms with Crippen molar-refractivity contribution in [3.05, 3.63) is 17.4 Å². The molecule has 1 amide bonds. The molecule has 3 rings (SSSR count). The quantitative estimate of drug-likeness (QED) is 0.818. The highest BCUT2D eigenvalue weighted by Crippen LogP contribution is 2.13. The van der Waals surface area contributed by atoms with Crippen LogP contribution in [-0.4, -0.2) is 46.5 Å². The first-order valence-electron chi connectivity index (χ1n) is 5.34. The number of hydrogen-bond donors (Lipinski definition) is 1. The highest BCUT2D eigenvalue weighted by Gasteiger charge is 2.29. The van der Waals surface area contributed by atoms with Gasteiger partial charge in [-0.25, -0.2) is 17.9 Å². The highest BCUT2D eigenvalue weighted by molar-refractivity contribution is 7.91. The van der Waals surface area contributed by atoms with Crippen molar-refractivity contribution in [3.63, 3.8) is 0 Å². The first-order valence-corrected chi connectivity index (χ1v) is 8.04. The first-order chi connectivity index (χ1) is 8.53. The average Bonchev–Trinajstić information content (AvgIpc) is 2.91. The van der Waals surface area contributed by atoms with Gasteiger partial charge in [-0.05, 0) is 6.42 Å². The number of hydrogen-bond acceptors (Lipinski definition) is 6. The Kier molecular flexibility index (Phi) is 2.59. The molecule has 9 heteroatoms. The summed E-state index contributed by atoms with van der Waals surface area (Å²) in [6.45, 7) is 0. The summed E-state index contributed by atoms with van der Waals surface area (Å²) in [6, 6.07) is -0.310. The van der Waals surface area contributed by atoms with Crippen LogP contribution in [0.3, 0.4) is 0 Å². The number of aromatic nitrogens is 3. The predicted octanol–water partition coefficient (Wildman–Crippen LogP) is -0.292. The summed E-state index contributed by atoms with van der Waals surface area (Å²) in [6.07, 6.45) is 2.00. The Hall–Kier alpha value is -1.48. The molecule has 1 N–H and O–H groups in total. The molecule has 7 nitrogen and oxygen atoms in total. The topological polar surface area (TPSA) is 93.4 Å². The predicted molar refractivity (Wildman–Crippen MR) is 65.4 cm³/mol. The largest absolute Gasteiger partial charge is 0.347 e. The second-order valence-electron chi connectivity index (χ2n) is 4.17. The second-order valence-corrected chi connectivity index (χ2v) is 7.21. The number of amides is 1. The molecule has 0 aliphatic carbocycles. The number of carbonyl (C=O) groups is 1. The van der Waals surface area contributed by atoms with E-state index in [1.54, 1.807) is 5.51 Å². The van der Waals surface area contributed by atoms with Crippen LogP contribution in [0, 0.1) is 0 Å². The smallest absolute Gasteiger partial charge is 0.271 e. The summed E-state index contributed by atoms with van der Waals surface area (Å²) in [4.78, 5) is 16.6. The van der Waals surface area contributed by atoms with E-state index in [1.807, 2.05) is 0 Å². The maximum absolute atomic E-state index is 11.9. The normalized spacial score (nSPS) is 22.3. The van der Waals surface area contributed by atoms with Crippen LogP contribution in [0.15, 0.2) is 11.7 Å². The summed E-state index contributed by atoms with van der Waals surface area (Å²) < 4.78 is 24.1. The summed E-state index contributed by atoms with van der Waals surface area (Å²) in [5, 5.41) is 6.66. The number of imidazole rings is 1. The van der Waals surface area contributed by atoms with Gasteiger partial charge in [-0.1, -0.05) is 11.3 Å². The van der Waals surface area contributed by atoms with Gasteiger partial charge in [0.2, 0.25) is 4.96 Å². The van der Waals surface area contributed by atoms with Crippen molar-refractivity contribution in [1.82, 2.24) is 19.9 Å². The third-order valence-electron chi connectivity index (χ3n) is 2.79. The van der Waals surface area contributed by atoms with Gasteiger partial charge in [0.1, 0.15) is 11.2 Å². The minimum atomic E-state index is -2.99. The number of nitrogens with zero attached hydrogens (tertiary/aromatic N) is 3. The number of rotatable bonds is 2. The third-order valence-corrected chi connectivity index (χ3v) is 5.24. The Morgan fingerprint density at radius 2 is 2.39 bits per heavy atom. The van der Waals surface area contributed by atoms with Crippen LogP contribution in [0.1, 0.15) is 16.9 Å². The van der Waals surface area contributed by atoms with Crippen LogP contribution in [0.25, 0.3) is 4.96 Å². The van der Waals surface area contributed by atoms with E-state index in [9.17, 15) is 13.2 Å². The standard InChI is InChI=1S/C9H10N4O3S2/c14-8(11-6-1-2-18(15,16)4-6)7-3-13-9(12-7)17-5-10-13/h3,5-6H,1-2,4H2,(H,11,14). The lowest BCUT2D eigenvalue weighted by Gasteiger charge is -2.08. The van der Waals surface area contributed by atoms with E-state index < -0.39 is 9.84 Å². The van der Waals surface area contributed by atoms with Crippen LogP contribution in [0.2, 0.25) is 0 Å². The lowest BCUT2D eigenvalue weighted by atomic mass is 10.2. The van der Waals surface area contributed by atoms with Crippen LogP contribution < -0.4 is 5.32 Å². The monoisotopic (exact) mass is 286 g/mol. The second kappa shape index (κ2) is 4.02. The molecule has 18 heavy (non-hydrogen) atoms. The van der Waals surface area contributed by atoms with Gasteiger partial charge >= 0.3 is 0 Å². The molecule has 3 heterocycles. The molecule has 96 valence electrons. The van der Waals surface area contributed by atoms with Crippen molar-refractivity contribution in [2.24, 2.45) is 0 Å². The third kappa shape index (κ3) is 2.10. The van der Waals surface area contributed by atoms with E-state index in [2.05, 4.69) is 15.4 Å². The zero-order chi connectivity index (χ0) is 12.8. The first kappa shape index (κ1) is 11.6. The summed E-state index contributed by atoms with van der Waals surface area (Å²) in [7, 11) is -2.99. The molecule has 2 aromatic rings. The molecule has 0 saturated carbocycles. The zero-order valence-electron chi connectivity index (χ0n) is 9.24. The molecular formula is C9H10N4O3S2. The molecule has 0 spiro atoms. The lowest BCUT2D eigenvalue weighted by Crippen LogP contribution is -2.35. The van der Waals surface area contributed by atoms with E-state index in [1.165, 1.54) is 22.0 Å². The molecule has 0 radical (unpaired) electrons. The van der Waals surface area contributed by atoms with Crippen molar-refractivity contribution >= 4 is 32.0 Å². The molecule has 1 aliphatic heterocycles. The van der Waals surface area contributed by atoms with Gasteiger partial charge in [0.15, 0.2) is 9.84 Å². The van der Waals surface area contributed by atoms with Gasteiger partial charge in [-0.3, -0.25) is 4.79 Å². The number of carbonyl (C=O) groups excluding carboxylic acids is 1. The zero-order valence-corrected chi connectivity index (χ0v) is 10.9. The molecule has 1 aliphatic rings. The number of sulfone groups is 1. The van der Waals surface area contributed by atoms with Crippen molar-refractivity contribution < 1.29 is 13.2 Å². The van der Waals surface area contributed by atoms with Crippen molar-refractivity contribution in [3.8, 4) is 0 Å². The van der Waals surface area contributed by atoms with E-state index in [-0.39, 0.29) is 29.1 Å². The molecule has 0 aromatic carbocycles. The fourth-order valence-electron chi connectivity index (χ4n) is 1.92.